The Kier molecular flexibility index (Phi) is 6.21. The Morgan fingerprint density at radius 1 is 0.923 bits per heavy atom. The van der Waals surface area contributed by atoms with Crippen LogP contribution in [0.4, 0.5) is 10.1 Å². The van der Waals surface area contributed by atoms with Gasteiger partial charge in [0.2, 0.25) is 0 Å². The van der Waals surface area contributed by atoms with Crippen LogP contribution in [0, 0.1) is 5.82 Å². The van der Waals surface area contributed by atoms with Gasteiger partial charge in [0.1, 0.15) is 16.9 Å². The van der Waals surface area contributed by atoms with E-state index in [1.54, 1.807) is 12.4 Å². The molecule has 0 amide bonds. The molecule has 2 aliphatic rings. The number of benzene rings is 1. The van der Waals surface area contributed by atoms with Gasteiger partial charge in [0.25, 0.3) is 0 Å². The Hall–Kier alpha value is -3.89. The second-order valence-electron chi connectivity index (χ2n) is 10.7. The quantitative estimate of drug-likeness (QED) is 0.350. The van der Waals surface area contributed by atoms with E-state index in [2.05, 4.69) is 53.0 Å². The predicted molar refractivity (Wildman–Crippen MR) is 151 cm³/mol. The first kappa shape index (κ1) is 24.2. The molecule has 0 aliphatic carbocycles. The van der Waals surface area contributed by atoms with Gasteiger partial charge in [-0.05, 0) is 56.7 Å². The Morgan fingerprint density at radius 3 is 2.62 bits per heavy atom. The summed E-state index contributed by atoms with van der Waals surface area (Å²) in [5.41, 5.74) is 5.84. The van der Waals surface area contributed by atoms with Crippen LogP contribution in [0.25, 0.3) is 44.7 Å². The first-order valence-electron chi connectivity index (χ1n) is 13.8. The van der Waals surface area contributed by atoms with Crippen molar-refractivity contribution < 1.29 is 4.39 Å². The summed E-state index contributed by atoms with van der Waals surface area (Å²) >= 11 is 0. The number of anilines is 1. The van der Waals surface area contributed by atoms with Gasteiger partial charge in [-0.3, -0.25) is 20.0 Å². The highest BCUT2D eigenvalue weighted by Crippen LogP contribution is 2.34. The lowest BCUT2D eigenvalue weighted by atomic mass is 10.1. The molecule has 0 spiro atoms. The van der Waals surface area contributed by atoms with Crippen LogP contribution in [0.3, 0.4) is 0 Å². The number of nitrogens with zero attached hydrogens (tertiary/aromatic N) is 7. The number of halogens is 1. The molecule has 0 saturated carbocycles. The summed E-state index contributed by atoms with van der Waals surface area (Å²) in [6.45, 7) is 6.90. The molecule has 39 heavy (non-hydrogen) atoms. The van der Waals surface area contributed by atoms with Crippen LogP contribution in [0.2, 0.25) is 0 Å². The number of likely N-dealkylation sites (tertiary alicyclic amines) is 1. The van der Waals surface area contributed by atoms with Crippen LogP contribution in [0.5, 0.6) is 0 Å². The topological polar surface area (TPSA) is 92.9 Å². The maximum atomic E-state index is 16.2. The largest absolute Gasteiger partial charge is 0.367 e. The number of imidazole rings is 1. The highest BCUT2D eigenvalue weighted by molar-refractivity contribution is 5.97. The zero-order chi connectivity index (χ0) is 26.3. The molecule has 0 radical (unpaired) electrons. The van der Waals surface area contributed by atoms with Crippen molar-refractivity contribution in [3.05, 3.63) is 54.2 Å². The van der Waals surface area contributed by atoms with E-state index in [1.807, 2.05) is 24.4 Å². The zero-order valence-corrected chi connectivity index (χ0v) is 22.1. The van der Waals surface area contributed by atoms with Crippen LogP contribution in [0.1, 0.15) is 24.8 Å². The molecule has 0 atom stereocenters. The van der Waals surface area contributed by atoms with Gasteiger partial charge in [0.15, 0.2) is 11.6 Å². The van der Waals surface area contributed by atoms with Crippen molar-refractivity contribution in [3.8, 4) is 22.8 Å². The number of aromatic nitrogens is 6. The van der Waals surface area contributed by atoms with Crippen molar-refractivity contribution in [2.45, 2.75) is 25.8 Å². The summed E-state index contributed by atoms with van der Waals surface area (Å²) in [6.07, 6.45) is 8.92. The molecule has 7 rings (SSSR count). The van der Waals surface area contributed by atoms with Crippen LogP contribution in [-0.2, 0) is 6.54 Å². The van der Waals surface area contributed by atoms with E-state index in [0.717, 1.165) is 68.1 Å². The fraction of sp³-hybridized carbons (Fsp3) is 0.379. The predicted octanol–water partition coefficient (Wildman–Crippen LogP) is 4.44. The van der Waals surface area contributed by atoms with Crippen LogP contribution < -0.4 is 4.90 Å². The Balaban J connectivity index is 1.25. The lowest BCUT2D eigenvalue weighted by Gasteiger charge is -2.34. The van der Waals surface area contributed by atoms with Crippen LogP contribution in [0.15, 0.2) is 42.9 Å². The highest BCUT2D eigenvalue weighted by Gasteiger charge is 2.23. The number of H-pyrrole nitrogens is 2. The minimum Gasteiger partial charge on any atom is -0.367 e. The molecule has 1 aromatic carbocycles. The Morgan fingerprint density at radius 2 is 1.77 bits per heavy atom. The van der Waals surface area contributed by atoms with Gasteiger partial charge in [-0.2, -0.15) is 5.10 Å². The number of pyridine rings is 2. The normalized spacial score (nSPS) is 17.4. The Bertz CT molecular complexity index is 1630. The molecule has 0 bridgehead atoms. The number of hydrogen-bond donors (Lipinski definition) is 2. The molecule has 4 aromatic heterocycles. The molecule has 2 aliphatic heterocycles. The monoisotopic (exact) mass is 525 g/mol. The van der Waals surface area contributed by atoms with E-state index >= 15 is 4.39 Å². The maximum absolute atomic E-state index is 16.2. The smallest absolute Gasteiger partial charge is 0.161 e. The third-order valence-corrected chi connectivity index (χ3v) is 8.03. The fourth-order valence-electron chi connectivity index (χ4n) is 5.86. The number of hydrogen-bond acceptors (Lipinski definition) is 7. The van der Waals surface area contributed by atoms with E-state index in [0.29, 0.717) is 28.0 Å². The van der Waals surface area contributed by atoms with Gasteiger partial charge < -0.3 is 14.8 Å². The van der Waals surface area contributed by atoms with Crippen molar-refractivity contribution in [2.75, 3.05) is 51.2 Å². The summed E-state index contributed by atoms with van der Waals surface area (Å²) in [5, 5.41) is 7.79. The molecule has 0 unspecified atom stereocenters. The Labute approximate surface area is 226 Å². The van der Waals surface area contributed by atoms with Crippen molar-refractivity contribution in [1.29, 1.82) is 0 Å². The molecule has 5 aromatic rings. The van der Waals surface area contributed by atoms with Gasteiger partial charge in [-0.25, -0.2) is 9.37 Å². The number of nitrogens with one attached hydrogen (secondary N) is 2. The van der Waals surface area contributed by atoms with Gasteiger partial charge >= 0.3 is 0 Å². The van der Waals surface area contributed by atoms with Gasteiger partial charge in [0.05, 0.1) is 28.3 Å². The number of fused-ring (bicyclic) bond motifs is 2. The fourth-order valence-corrected chi connectivity index (χ4v) is 5.86. The minimum atomic E-state index is -0.423. The summed E-state index contributed by atoms with van der Waals surface area (Å²) in [5.74, 6) is 0.110. The minimum absolute atomic E-state index is 0.271. The first-order chi connectivity index (χ1) is 19.1. The molecule has 2 fully saturated rings. The van der Waals surface area contributed by atoms with Crippen molar-refractivity contribution >= 4 is 27.6 Å². The number of para-hydroxylation sites is 1. The first-order valence-corrected chi connectivity index (χ1v) is 13.8. The number of piperidine rings is 1. The molecule has 2 N–H and O–H groups in total. The lowest BCUT2D eigenvalue weighted by Crippen LogP contribution is -2.44. The molecule has 200 valence electrons. The van der Waals surface area contributed by atoms with E-state index in [4.69, 9.17) is 4.98 Å². The highest BCUT2D eigenvalue weighted by atomic mass is 19.1. The van der Waals surface area contributed by atoms with E-state index in [9.17, 15) is 0 Å². The van der Waals surface area contributed by atoms with Crippen molar-refractivity contribution in [2.24, 2.45) is 0 Å². The standard InChI is InChI=1S/C29H32FN9/c1-37-10-12-39(13-11-37)23-7-5-6-21-27(23)34-29(33-21)28-24-22(35-36-28)17-32-26(25(24)30)20-14-19(15-31-16-20)18-38-8-3-2-4-9-38/h5-7,14-17H,2-4,8-13,18H2,1H3,(H,33,34)(H,35,36). The lowest BCUT2D eigenvalue weighted by molar-refractivity contribution is 0.220. The third kappa shape index (κ3) is 4.53. The maximum Gasteiger partial charge on any atom is 0.161 e. The van der Waals surface area contributed by atoms with Crippen LogP contribution in [-0.4, -0.2) is 86.2 Å². The SMILES string of the molecule is CN1CCN(c2cccc3[nH]c(-c4n[nH]c5cnc(-c6cncc(CN7CCCCC7)c6)c(F)c45)nc23)CC1. The average Bonchev–Trinajstić information content (AvgIpc) is 3.59. The average molecular weight is 526 g/mol. The molecule has 2 saturated heterocycles. The van der Waals surface area contributed by atoms with E-state index in [1.165, 1.54) is 19.3 Å². The van der Waals surface area contributed by atoms with Gasteiger partial charge in [-0.1, -0.05) is 12.5 Å². The molecule has 9 nitrogen and oxygen atoms in total. The van der Waals surface area contributed by atoms with Crippen molar-refractivity contribution in [3.63, 3.8) is 0 Å². The van der Waals surface area contributed by atoms with Gasteiger partial charge in [0, 0.05) is 50.7 Å². The number of likely N-dealkylation sites (N-methyl/N-ethyl adjacent to an activating group) is 1. The zero-order valence-electron chi connectivity index (χ0n) is 22.1. The summed E-state index contributed by atoms with van der Waals surface area (Å²) in [4.78, 5) is 24.3. The molecular weight excluding hydrogens is 493 g/mol. The molecular formula is C29H32FN9. The van der Waals surface area contributed by atoms with E-state index < -0.39 is 5.82 Å². The molecule has 6 heterocycles. The number of aromatic amines is 2. The van der Waals surface area contributed by atoms with E-state index in [-0.39, 0.29) is 5.69 Å². The number of rotatable bonds is 5. The summed E-state index contributed by atoms with van der Waals surface area (Å²) in [6, 6.07) is 8.14. The summed E-state index contributed by atoms with van der Waals surface area (Å²) in [7, 11) is 2.14. The third-order valence-electron chi connectivity index (χ3n) is 8.03. The van der Waals surface area contributed by atoms with Crippen LogP contribution >= 0.6 is 0 Å². The number of piperazine rings is 1. The molecule has 10 heteroatoms. The van der Waals surface area contributed by atoms with Gasteiger partial charge in [-0.15, -0.1) is 0 Å². The second-order valence-corrected chi connectivity index (χ2v) is 10.7. The second kappa shape index (κ2) is 10.0. The summed E-state index contributed by atoms with van der Waals surface area (Å²) < 4.78 is 16.2. The van der Waals surface area contributed by atoms with Crippen molar-refractivity contribution in [1.82, 2.24) is 39.9 Å².